The second-order valence-electron chi connectivity index (χ2n) is 2.20. The first-order valence-corrected chi connectivity index (χ1v) is 3.71. The van der Waals surface area contributed by atoms with Gasteiger partial charge in [-0.2, -0.15) is 0 Å². The molecule has 0 aliphatic heterocycles. The summed E-state index contributed by atoms with van der Waals surface area (Å²) in [5.41, 5.74) is 0. The van der Waals surface area contributed by atoms with E-state index >= 15 is 0 Å². The largest absolute Gasteiger partial charge is 0.499 e. The van der Waals surface area contributed by atoms with Gasteiger partial charge in [-0.3, -0.25) is 0 Å². The maximum atomic E-state index is 5.31. The van der Waals surface area contributed by atoms with Gasteiger partial charge in [-0.25, -0.2) is 0 Å². The summed E-state index contributed by atoms with van der Waals surface area (Å²) in [5, 5.41) is 3.06. The molecule has 0 unspecified atom stereocenters. The minimum atomic E-state index is 0.816. The summed E-state index contributed by atoms with van der Waals surface area (Å²) in [4.78, 5) is 0. The Morgan fingerprint density at radius 2 is 2.30 bits per heavy atom. The van der Waals surface area contributed by atoms with Crippen LogP contribution in [0.2, 0.25) is 0 Å². The molecule has 0 saturated heterocycles. The van der Waals surface area contributed by atoms with Crippen molar-refractivity contribution in [2.24, 2.45) is 0 Å². The average Bonchev–Trinajstić information content (AvgIpc) is 1.98. The molecule has 0 aromatic heterocycles. The van der Waals surface area contributed by atoms with E-state index in [1.807, 2.05) is 27.0 Å². The fourth-order valence-corrected chi connectivity index (χ4v) is 0.565. The van der Waals surface area contributed by atoms with Crippen LogP contribution in [0.5, 0.6) is 0 Å². The molecular weight excluding hydrogens is 126 g/mol. The fourth-order valence-electron chi connectivity index (χ4n) is 0.565. The van der Waals surface area contributed by atoms with Gasteiger partial charge in [0.05, 0.1) is 12.4 Å². The van der Waals surface area contributed by atoms with E-state index in [1.54, 1.807) is 0 Å². The molecule has 0 saturated carbocycles. The SMILES string of the molecule is C/C=C(\C)OCCCNC. The van der Waals surface area contributed by atoms with Crippen LogP contribution in [-0.4, -0.2) is 20.2 Å². The van der Waals surface area contributed by atoms with Crippen LogP contribution >= 0.6 is 0 Å². The maximum Gasteiger partial charge on any atom is 0.0889 e. The van der Waals surface area contributed by atoms with Crippen molar-refractivity contribution >= 4 is 0 Å². The van der Waals surface area contributed by atoms with Crippen molar-refractivity contribution in [2.75, 3.05) is 20.2 Å². The van der Waals surface area contributed by atoms with E-state index in [1.165, 1.54) is 0 Å². The lowest BCUT2D eigenvalue weighted by atomic mass is 10.4. The number of hydrogen-bond acceptors (Lipinski definition) is 2. The van der Waals surface area contributed by atoms with E-state index in [4.69, 9.17) is 4.74 Å². The van der Waals surface area contributed by atoms with E-state index in [-0.39, 0.29) is 0 Å². The van der Waals surface area contributed by atoms with Crippen LogP contribution in [0.4, 0.5) is 0 Å². The van der Waals surface area contributed by atoms with Gasteiger partial charge in [-0.05, 0) is 33.9 Å². The quantitative estimate of drug-likeness (QED) is 0.465. The molecule has 0 fully saturated rings. The highest BCUT2D eigenvalue weighted by Gasteiger charge is 1.86. The van der Waals surface area contributed by atoms with Gasteiger partial charge in [0.2, 0.25) is 0 Å². The zero-order valence-corrected chi connectivity index (χ0v) is 7.11. The van der Waals surface area contributed by atoms with Crippen LogP contribution in [0.3, 0.4) is 0 Å². The molecule has 2 nitrogen and oxygen atoms in total. The third kappa shape index (κ3) is 5.63. The Morgan fingerprint density at radius 3 is 2.80 bits per heavy atom. The van der Waals surface area contributed by atoms with E-state index in [9.17, 15) is 0 Å². The van der Waals surface area contributed by atoms with Gasteiger partial charge in [0.25, 0.3) is 0 Å². The van der Waals surface area contributed by atoms with E-state index < -0.39 is 0 Å². The van der Waals surface area contributed by atoms with Crippen LogP contribution in [0.1, 0.15) is 20.3 Å². The Labute approximate surface area is 63.3 Å². The van der Waals surface area contributed by atoms with Gasteiger partial charge in [0.15, 0.2) is 0 Å². The third-order valence-electron chi connectivity index (χ3n) is 1.31. The van der Waals surface area contributed by atoms with Gasteiger partial charge in [-0.1, -0.05) is 6.08 Å². The zero-order valence-electron chi connectivity index (χ0n) is 7.11. The maximum absolute atomic E-state index is 5.31. The highest BCUT2D eigenvalue weighted by Crippen LogP contribution is 1.94. The van der Waals surface area contributed by atoms with Crippen molar-refractivity contribution in [2.45, 2.75) is 20.3 Å². The first-order valence-electron chi connectivity index (χ1n) is 3.71. The summed E-state index contributed by atoms with van der Waals surface area (Å²) < 4.78 is 5.31. The first-order chi connectivity index (χ1) is 4.81. The van der Waals surface area contributed by atoms with E-state index in [0.717, 1.165) is 25.3 Å². The number of nitrogens with one attached hydrogen (secondary N) is 1. The monoisotopic (exact) mass is 143 g/mol. The van der Waals surface area contributed by atoms with E-state index in [0.29, 0.717) is 0 Å². The van der Waals surface area contributed by atoms with Gasteiger partial charge in [-0.15, -0.1) is 0 Å². The lowest BCUT2D eigenvalue weighted by molar-refractivity contribution is 0.209. The fraction of sp³-hybridized carbons (Fsp3) is 0.750. The molecule has 60 valence electrons. The molecular formula is C8H17NO. The molecule has 0 rings (SSSR count). The second kappa shape index (κ2) is 6.62. The van der Waals surface area contributed by atoms with Crippen LogP contribution in [0.25, 0.3) is 0 Å². The van der Waals surface area contributed by atoms with Crippen molar-refractivity contribution in [1.29, 1.82) is 0 Å². The number of rotatable bonds is 5. The summed E-state index contributed by atoms with van der Waals surface area (Å²) in [6, 6.07) is 0. The van der Waals surface area contributed by atoms with Crippen LogP contribution in [0, 0.1) is 0 Å². The number of hydrogen-bond donors (Lipinski definition) is 1. The van der Waals surface area contributed by atoms with Gasteiger partial charge >= 0.3 is 0 Å². The highest BCUT2D eigenvalue weighted by molar-refractivity contribution is 4.83. The highest BCUT2D eigenvalue weighted by atomic mass is 16.5. The standard InChI is InChI=1S/C8H17NO/c1-4-8(2)10-7-5-6-9-3/h4,9H,5-7H2,1-3H3/b8-4+. The Morgan fingerprint density at radius 1 is 1.60 bits per heavy atom. The Bertz CT molecular complexity index is 99.4. The van der Waals surface area contributed by atoms with E-state index in [2.05, 4.69) is 5.32 Å². The lowest BCUT2D eigenvalue weighted by Gasteiger charge is -2.04. The Balaban J connectivity index is 3.04. The minimum absolute atomic E-state index is 0.816. The predicted molar refractivity (Wildman–Crippen MR) is 43.9 cm³/mol. The van der Waals surface area contributed by atoms with Crippen molar-refractivity contribution in [3.05, 3.63) is 11.8 Å². The van der Waals surface area contributed by atoms with Crippen molar-refractivity contribution in [1.82, 2.24) is 5.32 Å². The van der Waals surface area contributed by atoms with Crippen molar-refractivity contribution in [3.8, 4) is 0 Å². The van der Waals surface area contributed by atoms with Crippen molar-refractivity contribution in [3.63, 3.8) is 0 Å². The lowest BCUT2D eigenvalue weighted by Crippen LogP contribution is -2.09. The molecule has 0 aliphatic carbocycles. The van der Waals surface area contributed by atoms with Gasteiger partial charge < -0.3 is 10.1 Å². The van der Waals surface area contributed by atoms with Crippen LogP contribution in [-0.2, 0) is 4.74 Å². The zero-order chi connectivity index (χ0) is 7.82. The number of ether oxygens (including phenoxy) is 1. The molecule has 0 radical (unpaired) electrons. The predicted octanol–water partition coefficient (Wildman–Crippen LogP) is 1.54. The van der Waals surface area contributed by atoms with Crippen LogP contribution < -0.4 is 5.32 Å². The summed E-state index contributed by atoms with van der Waals surface area (Å²) >= 11 is 0. The molecule has 10 heavy (non-hydrogen) atoms. The molecule has 0 heterocycles. The van der Waals surface area contributed by atoms with Crippen molar-refractivity contribution < 1.29 is 4.74 Å². The molecule has 0 bridgehead atoms. The summed E-state index contributed by atoms with van der Waals surface area (Å²) in [6.07, 6.45) is 3.04. The number of allylic oxidation sites excluding steroid dienone is 2. The Hall–Kier alpha value is -0.500. The summed E-state index contributed by atoms with van der Waals surface area (Å²) in [5.74, 6) is 1.01. The topological polar surface area (TPSA) is 21.3 Å². The molecule has 0 spiro atoms. The molecule has 0 amide bonds. The molecule has 2 heteroatoms. The van der Waals surface area contributed by atoms with Gasteiger partial charge in [0, 0.05) is 0 Å². The Kier molecular flexibility index (Phi) is 6.29. The molecule has 0 aromatic carbocycles. The average molecular weight is 143 g/mol. The van der Waals surface area contributed by atoms with Gasteiger partial charge in [0.1, 0.15) is 0 Å². The summed E-state index contributed by atoms with van der Waals surface area (Å²) in [7, 11) is 1.95. The smallest absolute Gasteiger partial charge is 0.0889 e. The second-order valence-corrected chi connectivity index (χ2v) is 2.20. The third-order valence-corrected chi connectivity index (χ3v) is 1.31. The molecule has 0 aromatic rings. The normalized spacial score (nSPS) is 11.7. The summed E-state index contributed by atoms with van der Waals surface area (Å²) in [6.45, 7) is 5.79. The molecule has 1 N–H and O–H groups in total. The molecule has 0 atom stereocenters. The van der Waals surface area contributed by atoms with Crippen LogP contribution in [0.15, 0.2) is 11.8 Å². The first kappa shape index (κ1) is 9.50. The minimum Gasteiger partial charge on any atom is -0.499 e. The molecule has 0 aliphatic rings.